The first-order chi connectivity index (χ1) is 19.0. The average molecular weight is 524 g/mol. The molecule has 3 aliphatic rings. The molecule has 200 valence electrons. The molecule has 2 saturated heterocycles. The first-order valence-corrected chi connectivity index (χ1v) is 13.9. The maximum absolute atomic E-state index is 13.4. The van der Waals surface area contributed by atoms with Gasteiger partial charge in [-0.05, 0) is 79.1 Å². The summed E-state index contributed by atoms with van der Waals surface area (Å²) in [6.07, 6.45) is 6.81. The number of hydrogen-bond donors (Lipinski definition) is 2. The van der Waals surface area contributed by atoms with Gasteiger partial charge in [0.15, 0.2) is 0 Å². The Morgan fingerprint density at radius 3 is 2.64 bits per heavy atom. The summed E-state index contributed by atoms with van der Waals surface area (Å²) in [6.45, 7) is 3.57. The van der Waals surface area contributed by atoms with E-state index in [9.17, 15) is 14.4 Å². The minimum Gasteiger partial charge on any atom is -0.371 e. The Bertz CT molecular complexity index is 1410. The van der Waals surface area contributed by atoms with Crippen molar-refractivity contribution in [1.29, 1.82) is 0 Å². The van der Waals surface area contributed by atoms with Gasteiger partial charge in [-0.3, -0.25) is 19.4 Å². The van der Waals surface area contributed by atoms with Crippen molar-refractivity contribution in [2.45, 2.75) is 38.6 Å². The van der Waals surface area contributed by atoms with E-state index in [-0.39, 0.29) is 23.6 Å². The molecule has 1 atom stereocenters. The third kappa shape index (κ3) is 5.37. The van der Waals surface area contributed by atoms with Gasteiger partial charge in [0.2, 0.25) is 5.91 Å². The summed E-state index contributed by atoms with van der Waals surface area (Å²) in [6, 6.07) is 17.4. The SMILES string of the molecule is O=C1NCc2ccc(-c3cccc(NC(=O)[C@H]4CCCN(C(=O)c5cc(N6CCCCC6)ccn5)C4)c3)cc21. The summed E-state index contributed by atoms with van der Waals surface area (Å²) in [5, 5.41) is 5.90. The number of pyridine rings is 1. The average Bonchev–Trinajstić information content (AvgIpc) is 3.37. The zero-order valence-corrected chi connectivity index (χ0v) is 22.0. The quantitative estimate of drug-likeness (QED) is 0.515. The molecule has 3 aliphatic heterocycles. The fourth-order valence-electron chi connectivity index (χ4n) is 5.84. The van der Waals surface area contributed by atoms with E-state index in [1.807, 2.05) is 54.6 Å². The van der Waals surface area contributed by atoms with Crippen molar-refractivity contribution < 1.29 is 14.4 Å². The number of nitrogens with one attached hydrogen (secondary N) is 2. The smallest absolute Gasteiger partial charge is 0.272 e. The van der Waals surface area contributed by atoms with Gasteiger partial charge in [0.25, 0.3) is 11.8 Å². The van der Waals surface area contributed by atoms with E-state index < -0.39 is 0 Å². The Morgan fingerprint density at radius 2 is 1.77 bits per heavy atom. The topological polar surface area (TPSA) is 94.6 Å². The Kier molecular flexibility index (Phi) is 7.00. The van der Waals surface area contributed by atoms with Crippen molar-refractivity contribution in [1.82, 2.24) is 15.2 Å². The number of nitrogens with zero attached hydrogens (tertiary/aromatic N) is 3. The van der Waals surface area contributed by atoms with E-state index in [4.69, 9.17) is 0 Å². The van der Waals surface area contributed by atoms with Gasteiger partial charge in [-0.2, -0.15) is 0 Å². The van der Waals surface area contributed by atoms with Crippen molar-refractivity contribution in [3.05, 3.63) is 77.6 Å². The Morgan fingerprint density at radius 1 is 0.923 bits per heavy atom. The maximum Gasteiger partial charge on any atom is 0.272 e. The molecule has 8 heteroatoms. The number of rotatable bonds is 5. The van der Waals surface area contributed by atoms with Crippen LogP contribution in [0.3, 0.4) is 0 Å². The highest BCUT2D eigenvalue weighted by molar-refractivity contribution is 6.00. The zero-order valence-electron chi connectivity index (χ0n) is 22.0. The van der Waals surface area contributed by atoms with Crippen molar-refractivity contribution >= 4 is 29.1 Å². The van der Waals surface area contributed by atoms with Crippen LogP contribution >= 0.6 is 0 Å². The Balaban J connectivity index is 1.12. The summed E-state index contributed by atoms with van der Waals surface area (Å²) in [7, 11) is 0. The van der Waals surface area contributed by atoms with Crippen LogP contribution < -0.4 is 15.5 Å². The maximum atomic E-state index is 13.4. The molecule has 0 aliphatic carbocycles. The van der Waals surface area contributed by atoms with Crippen molar-refractivity contribution in [2.24, 2.45) is 5.92 Å². The first kappa shape index (κ1) is 25.1. The van der Waals surface area contributed by atoms with Crippen LogP contribution in [0.4, 0.5) is 11.4 Å². The van der Waals surface area contributed by atoms with Gasteiger partial charge in [0.1, 0.15) is 5.69 Å². The van der Waals surface area contributed by atoms with Crippen LogP contribution in [0.25, 0.3) is 11.1 Å². The molecule has 2 N–H and O–H groups in total. The van der Waals surface area contributed by atoms with Gasteiger partial charge in [0.05, 0.1) is 5.92 Å². The molecule has 0 radical (unpaired) electrons. The predicted octanol–water partition coefficient (Wildman–Crippen LogP) is 4.47. The van der Waals surface area contributed by atoms with Crippen LogP contribution in [0.2, 0.25) is 0 Å². The summed E-state index contributed by atoms with van der Waals surface area (Å²) in [5.74, 6) is -0.552. The monoisotopic (exact) mass is 523 g/mol. The second kappa shape index (κ2) is 10.9. The third-order valence-electron chi connectivity index (χ3n) is 8.02. The van der Waals surface area contributed by atoms with E-state index in [1.165, 1.54) is 19.3 Å². The van der Waals surface area contributed by atoms with Gasteiger partial charge in [-0.15, -0.1) is 0 Å². The van der Waals surface area contributed by atoms with Crippen LogP contribution in [0, 0.1) is 5.92 Å². The largest absolute Gasteiger partial charge is 0.371 e. The molecule has 0 unspecified atom stereocenters. The summed E-state index contributed by atoms with van der Waals surface area (Å²) < 4.78 is 0. The fourth-order valence-corrected chi connectivity index (χ4v) is 5.84. The molecule has 3 aromatic rings. The van der Waals surface area contributed by atoms with E-state index in [2.05, 4.69) is 20.5 Å². The molecule has 4 heterocycles. The lowest BCUT2D eigenvalue weighted by atomic mass is 9.96. The number of carbonyl (C=O) groups excluding carboxylic acids is 3. The third-order valence-corrected chi connectivity index (χ3v) is 8.02. The second-order valence-electron chi connectivity index (χ2n) is 10.7. The number of benzene rings is 2. The first-order valence-electron chi connectivity index (χ1n) is 13.9. The summed E-state index contributed by atoms with van der Waals surface area (Å²) in [5.41, 5.74) is 5.73. The van der Waals surface area contributed by atoms with Crippen LogP contribution in [0.5, 0.6) is 0 Å². The number of amides is 3. The molecule has 2 aromatic carbocycles. The van der Waals surface area contributed by atoms with E-state index in [1.54, 1.807) is 11.1 Å². The van der Waals surface area contributed by atoms with Gasteiger partial charge < -0.3 is 20.4 Å². The molecule has 0 spiro atoms. The standard InChI is InChI=1S/C31H33N5O3/c37-29(34-25-8-4-6-21(16-25)22-9-10-23-19-33-30(38)27(23)17-22)24-7-5-15-36(20-24)31(39)28-18-26(11-12-32-28)35-13-2-1-3-14-35/h4,6,8-12,16-18,24H,1-3,5,7,13-15,19-20H2,(H,33,38)(H,34,37)/t24-/m0/s1. The Labute approximate surface area is 228 Å². The minimum atomic E-state index is -0.291. The second-order valence-corrected chi connectivity index (χ2v) is 10.7. The predicted molar refractivity (Wildman–Crippen MR) is 151 cm³/mol. The van der Waals surface area contributed by atoms with E-state index in [0.29, 0.717) is 36.6 Å². The molecular weight excluding hydrogens is 490 g/mol. The van der Waals surface area contributed by atoms with Crippen LogP contribution in [-0.2, 0) is 11.3 Å². The van der Waals surface area contributed by atoms with Gasteiger partial charge in [0, 0.05) is 55.9 Å². The highest BCUT2D eigenvalue weighted by Crippen LogP contribution is 2.28. The molecule has 0 saturated carbocycles. The number of piperidine rings is 2. The highest BCUT2D eigenvalue weighted by atomic mass is 16.2. The lowest BCUT2D eigenvalue weighted by Crippen LogP contribution is -2.44. The number of fused-ring (bicyclic) bond motifs is 1. The summed E-state index contributed by atoms with van der Waals surface area (Å²) in [4.78, 5) is 47.1. The van der Waals surface area contributed by atoms with Crippen molar-refractivity contribution in [3.8, 4) is 11.1 Å². The van der Waals surface area contributed by atoms with Gasteiger partial charge in [-0.25, -0.2) is 0 Å². The zero-order chi connectivity index (χ0) is 26.8. The Hall–Kier alpha value is -4.20. The van der Waals surface area contributed by atoms with Crippen LogP contribution in [-0.4, -0.2) is 53.8 Å². The van der Waals surface area contributed by atoms with Gasteiger partial charge >= 0.3 is 0 Å². The lowest BCUT2D eigenvalue weighted by molar-refractivity contribution is -0.121. The number of carbonyl (C=O) groups is 3. The molecule has 8 nitrogen and oxygen atoms in total. The van der Waals surface area contributed by atoms with E-state index in [0.717, 1.165) is 48.3 Å². The molecule has 39 heavy (non-hydrogen) atoms. The highest BCUT2D eigenvalue weighted by Gasteiger charge is 2.30. The van der Waals surface area contributed by atoms with E-state index >= 15 is 0 Å². The van der Waals surface area contributed by atoms with Crippen molar-refractivity contribution in [2.75, 3.05) is 36.4 Å². The summed E-state index contributed by atoms with van der Waals surface area (Å²) >= 11 is 0. The molecule has 6 rings (SSSR count). The fraction of sp³-hybridized carbons (Fsp3) is 0.355. The van der Waals surface area contributed by atoms with Gasteiger partial charge in [-0.1, -0.05) is 24.3 Å². The molecule has 3 amide bonds. The lowest BCUT2D eigenvalue weighted by Gasteiger charge is -2.32. The molecule has 1 aromatic heterocycles. The van der Waals surface area contributed by atoms with Crippen LogP contribution in [0.15, 0.2) is 60.8 Å². The molecule has 0 bridgehead atoms. The number of likely N-dealkylation sites (tertiary alicyclic amines) is 1. The molecule has 2 fully saturated rings. The normalized spacial score (nSPS) is 18.9. The van der Waals surface area contributed by atoms with Crippen molar-refractivity contribution in [3.63, 3.8) is 0 Å². The number of hydrogen-bond acceptors (Lipinski definition) is 5. The van der Waals surface area contributed by atoms with Crippen LogP contribution in [0.1, 0.15) is 58.5 Å². The molecular formula is C31H33N5O3. The number of anilines is 2. The minimum absolute atomic E-state index is 0.0545. The number of aromatic nitrogens is 1.